The number of aromatic nitrogens is 3. The topological polar surface area (TPSA) is 30.7 Å². The van der Waals surface area contributed by atoms with Gasteiger partial charge >= 0.3 is 0 Å². The van der Waals surface area contributed by atoms with Crippen molar-refractivity contribution >= 4 is 26.8 Å². The molecule has 0 amide bonds. The van der Waals surface area contributed by atoms with Crippen LogP contribution in [0.5, 0.6) is 0 Å². The molecule has 0 radical (unpaired) electrons. The monoisotopic (exact) mass is 287 g/mol. The summed E-state index contributed by atoms with van der Waals surface area (Å²) in [6.45, 7) is 0.830. The molecule has 0 N–H and O–H groups in total. The van der Waals surface area contributed by atoms with E-state index in [2.05, 4.69) is 42.7 Å². The van der Waals surface area contributed by atoms with Crippen molar-refractivity contribution in [3.8, 4) is 0 Å². The fourth-order valence-corrected chi connectivity index (χ4v) is 2.50. The summed E-state index contributed by atoms with van der Waals surface area (Å²) < 4.78 is 3.07. The van der Waals surface area contributed by atoms with Crippen LogP contribution in [0.15, 0.2) is 53.7 Å². The Labute approximate surface area is 107 Å². The molecule has 0 aliphatic carbocycles. The molecule has 4 heteroatoms. The Hall–Kier alpha value is -1.68. The summed E-state index contributed by atoms with van der Waals surface area (Å²) in [4.78, 5) is 8.29. The molecule has 0 saturated heterocycles. The summed E-state index contributed by atoms with van der Waals surface area (Å²) in [5.74, 6) is 0. The SMILES string of the molecule is Brc1nccc2ccn(Cc3ccncc3)c12. The van der Waals surface area contributed by atoms with Crippen molar-refractivity contribution in [2.45, 2.75) is 6.54 Å². The van der Waals surface area contributed by atoms with E-state index in [0.29, 0.717) is 0 Å². The smallest absolute Gasteiger partial charge is 0.130 e. The largest absolute Gasteiger partial charge is 0.341 e. The van der Waals surface area contributed by atoms with E-state index >= 15 is 0 Å². The first-order chi connectivity index (χ1) is 8.34. The maximum atomic E-state index is 4.27. The van der Waals surface area contributed by atoms with E-state index in [1.54, 1.807) is 0 Å². The van der Waals surface area contributed by atoms with Crippen LogP contribution in [0.25, 0.3) is 10.9 Å². The van der Waals surface area contributed by atoms with Crippen LogP contribution in [-0.2, 0) is 6.54 Å². The Kier molecular flexibility index (Phi) is 2.65. The van der Waals surface area contributed by atoms with Crippen LogP contribution >= 0.6 is 15.9 Å². The van der Waals surface area contributed by atoms with Crippen molar-refractivity contribution in [1.29, 1.82) is 0 Å². The molecular weight excluding hydrogens is 278 g/mol. The average Bonchev–Trinajstić information content (AvgIpc) is 2.75. The van der Waals surface area contributed by atoms with Crippen molar-refractivity contribution in [2.24, 2.45) is 0 Å². The van der Waals surface area contributed by atoms with Gasteiger partial charge in [0, 0.05) is 36.7 Å². The number of pyridine rings is 2. The second-order valence-corrected chi connectivity index (χ2v) is 4.59. The molecule has 3 nitrogen and oxygen atoms in total. The van der Waals surface area contributed by atoms with E-state index in [9.17, 15) is 0 Å². The zero-order chi connectivity index (χ0) is 11.7. The summed E-state index contributed by atoms with van der Waals surface area (Å²) in [6.07, 6.45) is 7.52. The van der Waals surface area contributed by atoms with E-state index < -0.39 is 0 Å². The molecule has 3 heterocycles. The van der Waals surface area contributed by atoms with Crippen LogP contribution in [0.3, 0.4) is 0 Å². The Morgan fingerprint density at radius 3 is 2.71 bits per heavy atom. The van der Waals surface area contributed by atoms with Crippen molar-refractivity contribution in [1.82, 2.24) is 14.5 Å². The van der Waals surface area contributed by atoms with Gasteiger partial charge in [0.25, 0.3) is 0 Å². The summed E-state index contributed by atoms with van der Waals surface area (Å²) >= 11 is 3.50. The van der Waals surface area contributed by atoms with E-state index in [-0.39, 0.29) is 0 Å². The molecule has 0 unspecified atom stereocenters. The normalized spacial score (nSPS) is 10.9. The first kappa shape index (κ1) is 10.5. The van der Waals surface area contributed by atoms with Gasteiger partial charge in [-0.05, 0) is 45.8 Å². The third kappa shape index (κ3) is 1.96. The molecule has 84 valence electrons. The van der Waals surface area contributed by atoms with Gasteiger partial charge in [-0.3, -0.25) is 4.98 Å². The molecule has 0 fully saturated rings. The molecule has 17 heavy (non-hydrogen) atoms. The molecule has 0 aliphatic heterocycles. The maximum Gasteiger partial charge on any atom is 0.130 e. The summed E-state index contributed by atoms with van der Waals surface area (Å²) in [5.41, 5.74) is 2.36. The van der Waals surface area contributed by atoms with Crippen LogP contribution < -0.4 is 0 Å². The van der Waals surface area contributed by atoms with Crippen LogP contribution in [0, 0.1) is 0 Å². The van der Waals surface area contributed by atoms with Gasteiger partial charge in [0.05, 0.1) is 5.52 Å². The van der Waals surface area contributed by atoms with Gasteiger partial charge in [0.1, 0.15) is 4.60 Å². The highest BCUT2D eigenvalue weighted by atomic mass is 79.9. The predicted molar refractivity (Wildman–Crippen MR) is 70.8 cm³/mol. The minimum Gasteiger partial charge on any atom is -0.341 e. The van der Waals surface area contributed by atoms with Crippen LogP contribution in [0.4, 0.5) is 0 Å². The predicted octanol–water partition coefficient (Wildman–Crippen LogP) is 3.24. The Bertz CT molecular complexity index is 646. The lowest BCUT2D eigenvalue weighted by Crippen LogP contribution is -1.98. The highest BCUT2D eigenvalue weighted by Gasteiger charge is 2.05. The van der Waals surface area contributed by atoms with Crippen molar-refractivity contribution in [2.75, 3.05) is 0 Å². The van der Waals surface area contributed by atoms with Gasteiger partial charge < -0.3 is 4.57 Å². The first-order valence-corrected chi connectivity index (χ1v) is 6.12. The molecule has 0 bridgehead atoms. The Balaban J connectivity index is 2.07. The fraction of sp³-hybridized carbons (Fsp3) is 0.0769. The molecule has 0 atom stereocenters. The third-order valence-corrected chi connectivity index (χ3v) is 3.31. The van der Waals surface area contributed by atoms with Crippen molar-refractivity contribution < 1.29 is 0 Å². The van der Waals surface area contributed by atoms with Gasteiger partial charge in [-0.25, -0.2) is 4.98 Å². The van der Waals surface area contributed by atoms with E-state index in [4.69, 9.17) is 0 Å². The maximum absolute atomic E-state index is 4.27. The Morgan fingerprint density at radius 2 is 1.88 bits per heavy atom. The third-order valence-electron chi connectivity index (χ3n) is 2.73. The minimum atomic E-state index is 0.830. The van der Waals surface area contributed by atoms with E-state index in [1.807, 2.05) is 36.8 Å². The number of hydrogen-bond donors (Lipinski definition) is 0. The second kappa shape index (κ2) is 4.30. The van der Waals surface area contributed by atoms with Gasteiger partial charge in [-0.2, -0.15) is 0 Å². The van der Waals surface area contributed by atoms with Crippen LogP contribution in [0.1, 0.15) is 5.56 Å². The van der Waals surface area contributed by atoms with E-state index in [1.165, 1.54) is 10.9 Å². The number of nitrogens with zero attached hydrogens (tertiary/aromatic N) is 3. The molecule has 3 aromatic rings. The second-order valence-electron chi connectivity index (χ2n) is 3.84. The van der Waals surface area contributed by atoms with Gasteiger partial charge in [0.2, 0.25) is 0 Å². The number of rotatable bonds is 2. The first-order valence-electron chi connectivity index (χ1n) is 5.33. The van der Waals surface area contributed by atoms with Gasteiger partial charge in [0.15, 0.2) is 0 Å². The highest BCUT2D eigenvalue weighted by molar-refractivity contribution is 9.10. The number of fused-ring (bicyclic) bond motifs is 1. The highest BCUT2D eigenvalue weighted by Crippen LogP contribution is 2.23. The van der Waals surface area contributed by atoms with E-state index in [0.717, 1.165) is 16.7 Å². The van der Waals surface area contributed by atoms with Crippen molar-refractivity contribution in [3.05, 3.63) is 59.2 Å². The fourth-order valence-electron chi connectivity index (χ4n) is 1.92. The molecule has 3 rings (SSSR count). The molecular formula is C13H10BrN3. The summed E-state index contributed by atoms with van der Waals surface area (Å²) in [6, 6.07) is 8.16. The Morgan fingerprint density at radius 1 is 1.06 bits per heavy atom. The zero-order valence-electron chi connectivity index (χ0n) is 9.05. The number of hydrogen-bond acceptors (Lipinski definition) is 2. The molecule has 3 aromatic heterocycles. The van der Waals surface area contributed by atoms with Gasteiger partial charge in [-0.1, -0.05) is 0 Å². The lowest BCUT2D eigenvalue weighted by atomic mass is 10.2. The number of halogens is 1. The molecule has 0 spiro atoms. The summed E-state index contributed by atoms with van der Waals surface area (Å²) in [5, 5.41) is 1.20. The molecule has 0 saturated carbocycles. The molecule has 0 aliphatic rings. The van der Waals surface area contributed by atoms with Gasteiger partial charge in [-0.15, -0.1) is 0 Å². The van der Waals surface area contributed by atoms with Crippen molar-refractivity contribution in [3.63, 3.8) is 0 Å². The van der Waals surface area contributed by atoms with Crippen LogP contribution in [-0.4, -0.2) is 14.5 Å². The molecule has 0 aromatic carbocycles. The standard InChI is InChI=1S/C13H10BrN3/c14-13-12-11(3-7-16-13)4-8-17(12)9-10-1-5-15-6-2-10/h1-8H,9H2. The quantitative estimate of drug-likeness (QED) is 0.678. The average molecular weight is 288 g/mol. The lowest BCUT2D eigenvalue weighted by molar-refractivity contribution is 0.831. The lowest BCUT2D eigenvalue weighted by Gasteiger charge is -2.06. The van der Waals surface area contributed by atoms with Crippen LogP contribution in [0.2, 0.25) is 0 Å². The minimum absolute atomic E-state index is 0.830. The summed E-state index contributed by atoms with van der Waals surface area (Å²) in [7, 11) is 0. The zero-order valence-corrected chi connectivity index (χ0v) is 10.6.